The fraction of sp³-hybridized carbons (Fsp3) is 0.357. The molecule has 2 rings (SSSR count). The number of rotatable bonds is 4. The first-order chi connectivity index (χ1) is 8.56. The third kappa shape index (κ3) is 3.12. The van der Waals surface area contributed by atoms with Crippen LogP contribution in [0.4, 0.5) is 0 Å². The molecule has 0 unspecified atom stereocenters. The van der Waals surface area contributed by atoms with Crippen molar-refractivity contribution < 1.29 is 0 Å². The number of aryl methyl sites for hydroxylation is 2. The van der Waals surface area contributed by atoms with E-state index in [1.54, 1.807) is 0 Å². The zero-order valence-electron chi connectivity index (χ0n) is 11.0. The van der Waals surface area contributed by atoms with Crippen molar-refractivity contribution in [2.45, 2.75) is 26.9 Å². The second kappa shape index (κ2) is 5.55. The number of aromatic nitrogens is 2. The van der Waals surface area contributed by atoms with Gasteiger partial charge in [0.1, 0.15) is 0 Å². The highest BCUT2D eigenvalue weighted by Gasteiger charge is 2.07. The highest BCUT2D eigenvalue weighted by Crippen LogP contribution is 2.19. The molecule has 0 aliphatic heterocycles. The van der Waals surface area contributed by atoms with Crippen molar-refractivity contribution in [2.24, 2.45) is 0 Å². The molecular formula is C14H18ClN3. The monoisotopic (exact) mass is 263 g/mol. The molecule has 1 aromatic heterocycles. The topological polar surface area (TPSA) is 31.9 Å². The van der Waals surface area contributed by atoms with Crippen molar-refractivity contribution in [3.8, 4) is 0 Å². The number of benzene rings is 1. The second-order valence-electron chi connectivity index (χ2n) is 4.79. The molecule has 0 bridgehead atoms. The van der Waals surface area contributed by atoms with Gasteiger partial charge in [0.25, 0.3) is 0 Å². The SMILES string of the molecule is Cc1ccc(CN(C)Cc2cn[nH]c2C)c(Cl)c1. The van der Waals surface area contributed by atoms with Crippen molar-refractivity contribution in [3.63, 3.8) is 0 Å². The van der Waals surface area contributed by atoms with Gasteiger partial charge in [-0.2, -0.15) is 5.10 Å². The predicted octanol–water partition coefficient (Wildman–Crippen LogP) is 3.31. The van der Waals surface area contributed by atoms with Gasteiger partial charge >= 0.3 is 0 Å². The van der Waals surface area contributed by atoms with Gasteiger partial charge in [0, 0.05) is 29.4 Å². The lowest BCUT2D eigenvalue weighted by molar-refractivity contribution is 0.318. The average molecular weight is 264 g/mol. The van der Waals surface area contributed by atoms with Gasteiger partial charge in [-0.1, -0.05) is 23.7 Å². The number of nitrogens with zero attached hydrogens (tertiary/aromatic N) is 2. The molecule has 0 aliphatic rings. The van der Waals surface area contributed by atoms with Crippen LogP contribution in [0.5, 0.6) is 0 Å². The molecule has 0 atom stereocenters. The second-order valence-corrected chi connectivity index (χ2v) is 5.19. The number of aromatic amines is 1. The summed E-state index contributed by atoms with van der Waals surface area (Å²) >= 11 is 6.24. The lowest BCUT2D eigenvalue weighted by Crippen LogP contribution is -2.17. The van der Waals surface area contributed by atoms with E-state index in [2.05, 4.69) is 34.3 Å². The van der Waals surface area contributed by atoms with E-state index in [1.807, 2.05) is 26.1 Å². The minimum Gasteiger partial charge on any atom is -0.298 e. The van der Waals surface area contributed by atoms with Crippen molar-refractivity contribution in [2.75, 3.05) is 7.05 Å². The van der Waals surface area contributed by atoms with Crippen LogP contribution in [0.2, 0.25) is 5.02 Å². The Labute approximate surface area is 113 Å². The minimum atomic E-state index is 0.837. The molecule has 3 nitrogen and oxygen atoms in total. The third-order valence-electron chi connectivity index (χ3n) is 3.02. The Balaban J connectivity index is 2.03. The quantitative estimate of drug-likeness (QED) is 0.918. The van der Waals surface area contributed by atoms with Gasteiger partial charge in [0.2, 0.25) is 0 Å². The molecule has 0 fully saturated rings. The van der Waals surface area contributed by atoms with Crippen LogP contribution in [-0.4, -0.2) is 22.1 Å². The van der Waals surface area contributed by atoms with E-state index in [1.165, 1.54) is 11.1 Å². The van der Waals surface area contributed by atoms with E-state index in [-0.39, 0.29) is 0 Å². The zero-order valence-corrected chi connectivity index (χ0v) is 11.8. The van der Waals surface area contributed by atoms with Crippen LogP contribution in [-0.2, 0) is 13.1 Å². The number of nitrogens with one attached hydrogen (secondary N) is 1. The zero-order chi connectivity index (χ0) is 13.1. The Morgan fingerprint density at radius 1 is 1.22 bits per heavy atom. The van der Waals surface area contributed by atoms with E-state index in [0.717, 1.165) is 29.4 Å². The molecule has 1 N–H and O–H groups in total. The molecule has 2 aromatic rings. The summed E-state index contributed by atoms with van der Waals surface area (Å²) in [5.74, 6) is 0. The molecule has 1 heterocycles. The Morgan fingerprint density at radius 3 is 2.56 bits per heavy atom. The van der Waals surface area contributed by atoms with Gasteiger partial charge < -0.3 is 0 Å². The highest BCUT2D eigenvalue weighted by molar-refractivity contribution is 6.31. The smallest absolute Gasteiger partial charge is 0.0535 e. The maximum absolute atomic E-state index is 6.24. The Hall–Kier alpha value is -1.32. The van der Waals surface area contributed by atoms with Gasteiger partial charge in [-0.15, -0.1) is 0 Å². The normalized spacial score (nSPS) is 11.2. The summed E-state index contributed by atoms with van der Waals surface area (Å²) in [5, 5.41) is 7.83. The van der Waals surface area contributed by atoms with Crippen LogP contribution in [0.1, 0.15) is 22.4 Å². The van der Waals surface area contributed by atoms with Gasteiger partial charge in [-0.3, -0.25) is 10.00 Å². The molecule has 0 saturated heterocycles. The first-order valence-electron chi connectivity index (χ1n) is 5.98. The Bertz CT molecular complexity index is 534. The van der Waals surface area contributed by atoms with Gasteiger partial charge in [0.05, 0.1) is 6.20 Å². The lowest BCUT2D eigenvalue weighted by Gasteiger charge is -2.17. The van der Waals surface area contributed by atoms with Crippen LogP contribution >= 0.6 is 11.6 Å². The fourth-order valence-electron chi connectivity index (χ4n) is 1.95. The summed E-state index contributed by atoms with van der Waals surface area (Å²) in [4.78, 5) is 2.23. The first kappa shape index (κ1) is 13.1. The van der Waals surface area contributed by atoms with E-state index in [0.29, 0.717) is 0 Å². The van der Waals surface area contributed by atoms with Gasteiger partial charge in [0.15, 0.2) is 0 Å². The maximum Gasteiger partial charge on any atom is 0.0535 e. The van der Waals surface area contributed by atoms with Crippen LogP contribution in [0, 0.1) is 13.8 Å². The summed E-state index contributed by atoms with van der Waals surface area (Å²) in [7, 11) is 2.09. The van der Waals surface area contributed by atoms with E-state index >= 15 is 0 Å². The van der Waals surface area contributed by atoms with Crippen LogP contribution in [0.25, 0.3) is 0 Å². The average Bonchev–Trinajstić information content (AvgIpc) is 2.69. The Morgan fingerprint density at radius 2 is 1.94 bits per heavy atom. The summed E-state index contributed by atoms with van der Waals surface area (Å²) in [6.45, 7) is 5.79. The standard InChI is InChI=1S/C14H18ClN3/c1-10-4-5-12(14(15)6-10)8-18(3)9-13-7-16-17-11(13)2/h4-7H,8-9H2,1-3H3,(H,16,17). The molecular weight excluding hydrogens is 246 g/mol. The van der Waals surface area contributed by atoms with Crippen molar-refractivity contribution in [1.82, 2.24) is 15.1 Å². The van der Waals surface area contributed by atoms with Crippen molar-refractivity contribution >= 4 is 11.6 Å². The molecule has 0 aliphatic carbocycles. The molecule has 0 amide bonds. The minimum absolute atomic E-state index is 0.837. The molecule has 1 aromatic carbocycles. The third-order valence-corrected chi connectivity index (χ3v) is 3.38. The van der Waals surface area contributed by atoms with Crippen LogP contribution < -0.4 is 0 Å². The fourth-order valence-corrected chi connectivity index (χ4v) is 2.25. The molecule has 0 saturated carbocycles. The molecule has 0 radical (unpaired) electrons. The highest BCUT2D eigenvalue weighted by atomic mass is 35.5. The first-order valence-corrected chi connectivity index (χ1v) is 6.36. The summed E-state index contributed by atoms with van der Waals surface area (Å²) in [6, 6.07) is 6.20. The molecule has 18 heavy (non-hydrogen) atoms. The summed E-state index contributed by atoms with van der Waals surface area (Å²) < 4.78 is 0. The summed E-state index contributed by atoms with van der Waals surface area (Å²) in [5.41, 5.74) is 4.69. The van der Waals surface area contributed by atoms with Crippen molar-refractivity contribution in [1.29, 1.82) is 0 Å². The van der Waals surface area contributed by atoms with Crippen molar-refractivity contribution in [3.05, 3.63) is 51.8 Å². The van der Waals surface area contributed by atoms with E-state index in [4.69, 9.17) is 11.6 Å². The molecule has 96 valence electrons. The van der Waals surface area contributed by atoms with Gasteiger partial charge in [-0.05, 0) is 38.1 Å². The number of hydrogen-bond donors (Lipinski definition) is 1. The van der Waals surface area contributed by atoms with Crippen LogP contribution in [0.3, 0.4) is 0 Å². The predicted molar refractivity (Wildman–Crippen MR) is 74.7 cm³/mol. The molecule has 4 heteroatoms. The number of H-pyrrole nitrogens is 1. The summed E-state index contributed by atoms with van der Waals surface area (Å²) in [6.07, 6.45) is 1.88. The van der Waals surface area contributed by atoms with Crippen LogP contribution in [0.15, 0.2) is 24.4 Å². The largest absolute Gasteiger partial charge is 0.298 e. The lowest BCUT2D eigenvalue weighted by atomic mass is 10.1. The number of halogens is 1. The van der Waals surface area contributed by atoms with E-state index < -0.39 is 0 Å². The maximum atomic E-state index is 6.24. The van der Waals surface area contributed by atoms with Gasteiger partial charge in [-0.25, -0.2) is 0 Å². The van der Waals surface area contributed by atoms with E-state index in [9.17, 15) is 0 Å². The molecule has 0 spiro atoms. The number of hydrogen-bond acceptors (Lipinski definition) is 2. The Kier molecular flexibility index (Phi) is 4.04.